The van der Waals surface area contributed by atoms with Crippen LogP contribution in [0, 0.1) is 5.41 Å². The van der Waals surface area contributed by atoms with Crippen LogP contribution in [0.3, 0.4) is 0 Å². The zero-order valence-electron chi connectivity index (χ0n) is 12.6. The maximum Gasteiger partial charge on any atom is 0.404 e. The third kappa shape index (κ3) is 2.94. The molecular weight excluding hydrogens is 326 g/mol. The number of hydrogen-bond acceptors (Lipinski definition) is 4. The van der Waals surface area contributed by atoms with Crippen LogP contribution in [-0.2, 0) is 12.8 Å². The Bertz CT molecular complexity index is 555. The highest BCUT2D eigenvalue weighted by molar-refractivity contribution is 5.34. The van der Waals surface area contributed by atoms with E-state index in [1.807, 2.05) is 6.92 Å². The molecule has 23 heavy (non-hydrogen) atoms. The Kier molecular flexibility index (Phi) is 4.46. The molecule has 2 heterocycles. The van der Waals surface area contributed by atoms with Crippen molar-refractivity contribution < 1.29 is 26.3 Å². The van der Waals surface area contributed by atoms with E-state index in [1.54, 1.807) is 6.92 Å². The van der Waals surface area contributed by atoms with Gasteiger partial charge in [0, 0.05) is 13.1 Å². The summed E-state index contributed by atoms with van der Waals surface area (Å²) in [5.41, 5.74) is -2.62. The number of aryl methyl sites for hydroxylation is 2. The molecule has 1 fully saturated rings. The fourth-order valence-corrected chi connectivity index (χ4v) is 2.67. The number of aromatic nitrogens is 3. The first kappa shape index (κ1) is 17.7. The topological polar surface area (TPSA) is 41.9 Å². The largest absolute Gasteiger partial charge is 0.404 e. The van der Waals surface area contributed by atoms with Gasteiger partial charge in [0.25, 0.3) is 0 Å². The monoisotopic (exact) mass is 342 g/mol. The Hall–Kier alpha value is -1.61. The Labute approximate surface area is 128 Å². The van der Waals surface area contributed by atoms with E-state index in [4.69, 9.17) is 0 Å². The van der Waals surface area contributed by atoms with E-state index < -0.39 is 37.3 Å². The maximum absolute atomic E-state index is 13.1. The number of hydrogen-bond donors (Lipinski definition) is 0. The Morgan fingerprint density at radius 2 is 1.52 bits per heavy atom. The van der Waals surface area contributed by atoms with Crippen molar-refractivity contribution in [3.05, 3.63) is 11.4 Å². The molecule has 1 aromatic rings. The second kappa shape index (κ2) is 5.79. The van der Waals surface area contributed by atoms with Gasteiger partial charge in [0.05, 0.1) is 11.4 Å². The minimum atomic E-state index is -5.38. The van der Waals surface area contributed by atoms with Crippen molar-refractivity contribution in [1.82, 2.24) is 15.2 Å². The molecule has 0 N–H and O–H groups in total. The SMILES string of the molecule is CCc1nnc(N2CCC(C(F)(F)F)(C(F)(F)F)C2)nc1CC. The lowest BCUT2D eigenvalue weighted by Gasteiger charge is -2.33. The number of rotatable bonds is 3. The zero-order chi connectivity index (χ0) is 17.5. The summed E-state index contributed by atoms with van der Waals surface area (Å²) in [6.07, 6.45) is -10.8. The molecule has 0 spiro atoms. The third-order valence-electron chi connectivity index (χ3n) is 4.14. The van der Waals surface area contributed by atoms with Crippen molar-refractivity contribution >= 4 is 5.95 Å². The first-order chi connectivity index (χ1) is 10.6. The molecule has 0 unspecified atom stereocenters. The normalized spacial score (nSPS) is 18.5. The third-order valence-corrected chi connectivity index (χ3v) is 4.14. The highest BCUT2D eigenvalue weighted by Gasteiger charge is 2.72. The summed E-state index contributed by atoms with van der Waals surface area (Å²) in [5.74, 6) is -0.186. The van der Waals surface area contributed by atoms with Crippen LogP contribution >= 0.6 is 0 Å². The highest BCUT2D eigenvalue weighted by atomic mass is 19.4. The molecule has 0 amide bonds. The lowest BCUT2D eigenvalue weighted by atomic mass is 9.85. The average molecular weight is 342 g/mol. The van der Waals surface area contributed by atoms with E-state index in [-0.39, 0.29) is 5.95 Å². The molecule has 1 saturated heterocycles. The molecule has 1 aliphatic rings. The summed E-state index contributed by atoms with van der Waals surface area (Å²) in [6, 6.07) is 0. The Morgan fingerprint density at radius 3 is 1.96 bits per heavy atom. The zero-order valence-corrected chi connectivity index (χ0v) is 12.6. The van der Waals surface area contributed by atoms with E-state index in [1.165, 1.54) is 0 Å². The molecule has 10 heteroatoms. The van der Waals surface area contributed by atoms with E-state index >= 15 is 0 Å². The Morgan fingerprint density at radius 1 is 0.957 bits per heavy atom. The van der Waals surface area contributed by atoms with Gasteiger partial charge in [-0.2, -0.15) is 31.4 Å². The lowest BCUT2D eigenvalue weighted by molar-refractivity contribution is -0.332. The number of alkyl halides is 6. The van der Waals surface area contributed by atoms with E-state index in [0.29, 0.717) is 24.2 Å². The van der Waals surface area contributed by atoms with Gasteiger partial charge in [0.1, 0.15) is 0 Å². The van der Waals surface area contributed by atoms with Crippen LogP contribution in [0.15, 0.2) is 0 Å². The fraction of sp³-hybridized carbons (Fsp3) is 0.769. The molecule has 130 valence electrons. The minimum Gasteiger partial charge on any atom is -0.338 e. The van der Waals surface area contributed by atoms with Gasteiger partial charge in [-0.25, -0.2) is 4.98 Å². The van der Waals surface area contributed by atoms with Crippen LogP contribution < -0.4 is 4.90 Å². The predicted octanol–water partition coefficient (Wildman–Crippen LogP) is 3.32. The van der Waals surface area contributed by atoms with Crippen molar-refractivity contribution in [2.45, 2.75) is 45.5 Å². The maximum atomic E-state index is 13.1. The smallest absolute Gasteiger partial charge is 0.338 e. The Balaban J connectivity index is 2.35. The molecule has 1 aliphatic heterocycles. The van der Waals surface area contributed by atoms with Crippen molar-refractivity contribution in [3.8, 4) is 0 Å². The summed E-state index contributed by atoms with van der Waals surface area (Å²) in [5, 5.41) is 7.57. The summed E-state index contributed by atoms with van der Waals surface area (Å²) in [7, 11) is 0. The summed E-state index contributed by atoms with van der Waals surface area (Å²) in [6.45, 7) is 1.94. The second-order valence-electron chi connectivity index (χ2n) is 5.46. The van der Waals surface area contributed by atoms with E-state index in [0.717, 1.165) is 4.90 Å². The quantitative estimate of drug-likeness (QED) is 0.791. The van der Waals surface area contributed by atoms with Crippen LogP contribution in [-0.4, -0.2) is 40.6 Å². The number of nitrogens with zero attached hydrogens (tertiary/aromatic N) is 4. The number of anilines is 1. The standard InChI is InChI=1S/C13H16F6N4/c1-3-8-9(4-2)21-22-10(20-8)23-6-5-11(7-23,12(14,15)16)13(17,18)19/h3-7H2,1-2H3. The van der Waals surface area contributed by atoms with Gasteiger partial charge in [-0.05, 0) is 19.3 Å². The molecule has 0 saturated carbocycles. The first-order valence-corrected chi connectivity index (χ1v) is 7.16. The van der Waals surface area contributed by atoms with Crippen LogP contribution in [0.25, 0.3) is 0 Å². The molecule has 0 aliphatic carbocycles. The van der Waals surface area contributed by atoms with Crippen molar-refractivity contribution in [3.63, 3.8) is 0 Å². The molecule has 1 aromatic heterocycles. The molecule has 2 rings (SSSR count). The second-order valence-corrected chi connectivity index (χ2v) is 5.46. The molecule has 0 atom stereocenters. The van der Waals surface area contributed by atoms with Gasteiger partial charge in [-0.3, -0.25) is 0 Å². The first-order valence-electron chi connectivity index (χ1n) is 7.16. The van der Waals surface area contributed by atoms with Gasteiger partial charge >= 0.3 is 12.4 Å². The van der Waals surface area contributed by atoms with Crippen molar-refractivity contribution in [2.75, 3.05) is 18.0 Å². The van der Waals surface area contributed by atoms with Crippen LogP contribution in [0.1, 0.15) is 31.7 Å². The van der Waals surface area contributed by atoms with Gasteiger partial charge in [-0.15, -0.1) is 5.10 Å². The van der Waals surface area contributed by atoms with E-state index in [9.17, 15) is 26.3 Å². The predicted molar refractivity (Wildman–Crippen MR) is 70.0 cm³/mol. The van der Waals surface area contributed by atoms with Crippen LogP contribution in [0.4, 0.5) is 32.3 Å². The van der Waals surface area contributed by atoms with Crippen molar-refractivity contribution in [2.24, 2.45) is 5.41 Å². The van der Waals surface area contributed by atoms with Gasteiger partial charge in [0.2, 0.25) is 5.95 Å². The van der Waals surface area contributed by atoms with Gasteiger partial charge in [-0.1, -0.05) is 13.8 Å². The number of halogens is 6. The molecule has 0 aromatic carbocycles. The molecule has 0 bridgehead atoms. The summed E-state index contributed by atoms with van der Waals surface area (Å²) in [4.78, 5) is 5.00. The average Bonchev–Trinajstić information content (AvgIpc) is 2.92. The van der Waals surface area contributed by atoms with Gasteiger partial charge < -0.3 is 4.90 Å². The summed E-state index contributed by atoms with van der Waals surface area (Å²) >= 11 is 0. The molecule has 4 nitrogen and oxygen atoms in total. The van der Waals surface area contributed by atoms with Crippen LogP contribution in [0.2, 0.25) is 0 Å². The molecular formula is C13H16F6N4. The fourth-order valence-electron chi connectivity index (χ4n) is 2.67. The van der Waals surface area contributed by atoms with Crippen molar-refractivity contribution in [1.29, 1.82) is 0 Å². The highest BCUT2D eigenvalue weighted by Crippen LogP contribution is 2.55. The minimum absolute atomic E-state index is 0.186. The lowest BCUT2D eigenvalue weighted by Crippen LogP contribution is -2.51. The summed E-state index contributed by atoms with van der Waals surface area (Å²) < 4.78 is 78.4. The van der Waals surface area contributed by atoms with Crippen LogP contribution in [0.5, 0.6) is 0 Å². The van der Waals surface area contributed by atoms with Gasteiger partial charge in [0.15, 0.2) is 5.41 Å². The molecule has 0 radical (unpaired) electrons. The van der Waals surface area contributed by atoms with E-state index in [2.05, 4.69) is 15.2 Å².